The summed E-state index contributed by atoms with van der Waals surface area (Å²) in [5, 5.41) is 17.3. The maximum atomic E-state index is 12.1. The van der Waals surface area contributed by atoms with Crippen LogP contribution < -0.4 is 16.4 Å². The highest BCUT2D eigenvalue weighted by atomic mass is 16.5. The van der Waals surface area contributed by atoms with Crippen molar-refractivity contribution in [3.05, 3.63) is 167 Å². The zero-order valence-corrected chi connectivity index (χ0v) is 30.0. The van der Waals surface area contributed by atoms with Gasteiger partial charge in [-0.2, -0.15) is 0 Å². The van der Waals surface area contributed by atoms with E-state index >= 15 is 0 Å². The molecular weight excluding hydrogens is 645 g/mol. The number of piperidine rings is 1. The SMILES string of the molecule is CCOC(=O)CC1CCN(C2C=C(C(=N)c3cc(C(C=NC)=CN)ccc3NC(c3ccccc3)(c3ccccc3)c3ccccc3)C=CN2)CC1. The van der Waals surface area contributed by atoms with Crippen molar-refractivity contribution in [1.82, 2.24) is 10.2 Å². The van der Waals surface area contributed by atoms with Crippen LogP contribution >= 0.6 is 0 Å². The Hall–Kier alpha value is -5.73. The molecule has 0 radical (unpaired) electrons. The number of benzene rings is 4. The van der Waals surface area contributed by atoms with Gasteiger partial charge in [-0.1, -0.05) is 97.1 Å². The van der Waals surface area contributed by atoms with Gasteiger partial charge in [0, 0.05) is 61.4 Å². The number of allylic oxidation sites excluding steroid dienone is 3. The summed E-state index contributed by atoms with van der Waals surface area (Å²) in [4.78, 5) is 18.7. The summed E-state index contributed by atoms with van der Waals surface area (Å²) in [5.41, 5.74) is 12.9. The van der Waals surface area contributed by atoms with Crippen LogP contribution in [0.1, 0.15) is 54.0 Å². The minimum Gasteiger partial charge on any atom is -0.466 e. The molecule has 1 saturated heterocycles. The summed E-state index contributed by atoms with van der Waals surface area (Å²) in [6, 6.07) is 37.5. The van der Waals surface area contributed by atoms with E-state index in [0.717, 1.165) is 70.6 Å². The smallest absolute Gasteiger partial charge is 0.306 e. The highest BCUT2D eigenvalue weighted by Gasteiger charge is 2.37. The number of anilines is 1. The molecule has 5 N–H and O–H groups in total. The molecule has 2 aliphatic rings. The van der Waals surface area contributed by atoms with E-state index in [9.17, 15) is 10.2 Å². The number of carbonyl (C=O) groups excluding carboxylic acids is 1. The maximum Gasteiger partial charge on any atom is 0.306 e. The number of likely N-dealkylation sites (tertiary alicyclic amines) is 1. The molecule has 4 aromatic carbocycles. The van der Waals surface area contributed by atoms with Crippen LogP contribution in [0.15, 0.2) is 144 Å². The molecule has 52 heavy (non-hydrogen) atoms. The Labute approximate surface area is 307 Å². The number of aliphatic imine (C=N–C) groups is 1. The number of rotatable bonds is 13. The number of hydrogen-bond acceptors (Lipinski definition) is 8. The molecule has 8 heteroatoms. The molecule has 4 aromatic rings. The minimum absolute atomic E-state index is 0.0766. The number of nitrogens with zero attached hydrogens (tertiary/aromatic N) is 2. The number of dihydropyridines is 1. The van der Waals surface area contributed by atoms with Crippen LogP contribution in [0.25, 0.3) is 5.57 Å². The Balaban J connectivity index is 1.41. The molecule has 2 aliphatic heterocycles. The second kappa shape index (κ2) is 17.0. The molecule has 266 valence electrons. The monoisotopic (exact) mass is 692 g/mol. The van der Waals surface area contributed by atoms with E-state index < -0.39 is 5.54 Å². The predicted octanol–water partition coefficient (Wildman–Crippen LogP) is 7.49. The van der Waals surface area contributed by atoms with E-state index in [1.165, 1.54) is 0 Å². The highest BCUT2D eigenvalue weighted by Crippen LogP contribution is 2.41. The van der Waals surface area contributed by atoms with E-state index in [-0.39, 0.29) is 12.1 Å². The first-order valence-corrected chi connectivity index (χ1v) is 18.0. The lowest BCUT2D eigenvalue weighted by Gasteiger charge is -2.39. The molecule has 1 atom stereocenters. The summed E-state index contributed by atoms with van der Waals surface area (Å²) < 4.78 is 5.20. The van der Waals surface area contributed by atoms with Gasteiger partial charge in [0.25, 0.3) is 0 Å². The summed E-state index contributed by atoms with van der Waals surface area (Å²) in [6.45, 7) is 3.96. The van der Waals surface area contributed by atoms with Gasteiger partial charge < -0.3 is 21.1 Å². The third kappa shape index (κ3) is 7.92. The molecule has 0 amide bonds. The van der Waals surface area contributed by atoms with Crippen LogP contribution in [0.3, 0.4) is 0 Å². The van der Waals surface area contributed by atoms with E-state index in [4.69, 9.17) is 10.5 Å². The number of hydrogen-bond donors (Lipinski definition) is 4. The fraction of sp³-hybridized carbons (Fsp3) is 0.250. The Kier molecular flexibility index (Phi) is 11.8. The second-order valence-corrected chi connectivity index (χ2v) is 13.2. The van der Waals surface area contributed by atoms with Gasteiger partial charge in [-0.05, 0) is 78.4 Å². The van der Waals surface area contributed by atoms with Gasteiger partial charge in [-0.25, -0.2) is 0 Å². The molecule has 1 fully saturated rings. The van der Waals surface area contributed by atoms with E-state index in [1.807, 2.05) is 55.6 Å². The minimum atomic E-state index is -0.785. The lowest BCUT2D eigenvalue weighted by molar-refractivity contribution is -0.144. The first kappa shape index (κ1) is 36.1. The fourth-order valence-corrected chi connectivity index (χ4v) is 7.31. The zero-order valence-electron chi connectivity index (χ0n) is 30.0. The Morgan fingerprint density at radius 3 is 2.10 bits per heavy atom. The first-order valence-electron chi connectivity index (χ1n) is 18.0. The Morgan fingerprint density at radius 2 is 1.56 bits per heavy atom. The average molecular weight is 693 g/mol. The molecule has 8 nitrogen and oxygen atoms in total. The van der Waals surface area contributed by atoms with Gasteiger partial charge >= 0.3 is 5.97 Å². The van der Waals surface area contributed by atoms with Gasteiger partial charge in [-0.3, -0.25) is 20.1 Å². The number of nitrogens with two attached hydrogens (primary N) is 1. The Morgan fingerprint density at radius 1 is 0.962 bits per heavy atom. The molecule has 1 unspecified atom stereocenters. The maximum absolute atomic E-state index is 12.1. The van der Waals surface area contributed by atoms with Crippen LogP contribution in [0, 0.1) is 11.3 Å². The van der Waals surface area contributed by atoms with E-state index in [2.05, 4.69) is 99.4 Å². The summed E-state index contributed by atoms with van der Waals surface area (Å²) >= 11 is 0. The number of ether oxygens (including phenoxy) is 1. The van der Waals surface area contributed by atoms with Crippen molar-refractivity contribution in [2.24, 2.45) is 16.6 Å². The van der Waals surface area contributed by atoms with Crippen molar-refractivity contribution in [2.75, 3.05) is 32.1 Å². The number of nitrogens with one attached hydrogen (secondary N) is 3. The molecule has 0 bridgehead atoms. The molecule has 0 saturated carbocycles. The van der Waals surface area contributed by atoms with Gasteiger partial charge in [0.2, 0.25) is 0 Å². The molecule has 0 aliphatic carbocycles. The fourth-order valence-electron chi connectivity index (χ4n) is 7.31. The van der Waals surface area contributed by atoms with Crippen molar-refractivity contribution in [3.8, 4) is 0 Å². The normalized spacial score (nSPS) is 17.0. The standard InChI is InChI=1S/C44H48N6O2/c1-3-52-42(51)27-32-22-25-50(26-23-32)41-29-34(21-24-48-41)43(46)39-28-33(35(30-45)31-47-2)19-20-40(39)49-44(36-13-7-4-8-14-36,37-15-9-5-10-16-37)38-17-11-6-12-18-38/h4-21,24,28-32,41,46,48-49H,3,22-23,25-27,45H2,1-2H3. The second-order valence-electron chi connectivity index (χ2n) is 13.2. The molecule has 0 aromatic heterocycles. The van der Waals surface area contributed by atoms with Crippen LogP contribution in [0.5, 0.6) is 0 Å². The van der Waals surface area contributed by atoms with E-state index in [1.54, 1.807) is 19.5 Å². The van der Waals surface area contributed by atoms with Crippen molar-refractivity contribution in [3.63, 3.8) is 0 Å². The average Bonchev–Trinajstić information content (AvgIpc) is 3.20. The van der Waals surface area contributed by atoms with Crippen LogP contribution in [0.2, 0.25) is 0 Å². The van der Waals surface area contributed by atoms with E-state index in [0.29, 0.717) is 24.7 Å². The van der Waals surface area contributed by atoms with Gasteiger partial charge in [0.1, 0.15) is 5.54 Å². The van der Waals surface area contributed by atoms with Gasteiger partial charge in [0.15, 0.2) is 0 Å². The number of esters is 1. The summed E-state index contributed by atoms with van der Waals surface area (Å²) in [6.07, 6.45) is 11.6. The van der Waals surface area contributed by atoms with Crippen LogP contribution in [-0.2, 0) is 15.1 Å². The quantitative estimate of drug-likeness (QED) is 0.0656. The van der Waals surface area contributed by atoms with Crippen LogP contribution in [-0.4, -0.2) is 55.7 Å². The van der Waals surface area contributed by atoms with Crippen molar-refractivity contribution in [1.29, 1.82) is 5.41 Å². The number of carbonyl (C=O) groups is 1. The van der Waals surface area contributed by atoms with Gasteiger partial charge in [-0.15, -0.1) is 0 Å². The molecule has 6 rings (SSSR count). The molecular formula is C44H48N6O2. The van der Waals surface area contributed by atoms with Crippen LogP contribution in [0.4, 0.5) is 5.69 Å². The first-order chi connectivity index (χ1) is 25.5. The zero-order chi connectivity index (χ0) is 36.3. The molecule has 2 heterocycles. The third-order valence-corrected chi connectivity index (χ3v) is 9.97. The topological polar surface area (TPSA) is 116 Å². The molecule has 0 spiro atoms. The largest absolute Gasteiger partial charge is 0.466 e. The van der Waals surface area contributed by atoms with Gasteiger partial charge in [0.05, 0.1) is 18.5 Å². The summed E-state index contributed by atoms with van der Waals surface area (Å²) in [5.74, 6) is 0.207. The predicted molar refractivity (Wildman–Crippen MR) is 212 cm³/mol. The highest BCUT2D eigenvalue weighted by molar-refractivity contribution is 6.17. The Bertz CT molecular complexity index is 1850. The van der Waals surface area contributed by atoms with Crippen molar-refractivity contribution >= 4 is 29.2 Å². The lowest BCUT2D eigenvalue weighted by Crippen LogP contribution is -2.47. The third-order valence-electron chi connectivity index (χ3n) is 9.97. The van der Waals surface area contributed by atoms with Crippen molar-refractivity contribution in [2.45, 2.75) is 37.9 Å². The lowest BCUT2D eigenvalue weighted by atomic mass is 9.76. The summed E-state index contributed by atoms with van der Waals surface area (Å²) in [7, 11) is 1.72. The van der Waals surface area contributed by atoms with Crippen molar-refractivity contribution < 1.29 is 9.53 Å².